The highest BCUT2D eigenvalue weighted by Gasteiger charge is 2.26. The summed E-state index contributed by atoms with van der Waals surface area (Å²) in [5.74, 6) is -0.179. The van der Waals surface area contributed by atoms with Gasteiger partial charge in [-0.15, -0.1) is 0 Å². The Morgan fingerprint density at radius 2 is 2.16 bits per heavy atom. The van der Waals surface area contributed by atoms with Crippen LogP contribution in [-0.4, -0.2) is 53.4 Å². The van der Waals surface area contributed by atoms with Crippen molar-refractivity contribution in [2.45, 2.75) is 57.1 Å². The quantitative estimate of drug-likeness (QED) is 0.542. The molecule has 31 heavy (non-hydrogen) atoms. The van der Waals surface area contributed by atoms with Crippen molar-refractivity contribution < 1.29 is 17.5 Å². The molecule has 4 rings (SSSR count). The first-order chi connectivity index (χ1) is 14.9. The lowest BCUT2D eigenvalue weighted by Gasteiger charge is -2.20. The zero-order valence-electron chi connectivity index (χ0n) is 18.0. The maximum atomic E-state index is 13.5. The second kappa shape index (κ2) is 9.10. The van der Waals surface area contributed by atoms with E-state index in [1.54, 1.807) is 12.3 Å². The van der Waals surface area contributed by atoms with Crippen LogP contribution in [0, 0.1) is 5.82 Å². The van der Waals surface area contributed by atoms with E-state index in [1.165, 1.54) is 12.1 Å². The van der Waals surface area contributed by atoms with Crippen molar-refractivity contribution in [1.29, 1.82) is 0 Å². The molecule has 168 valence electrons. The van der Waals surface area contributed by atoms with Crippen LogP contribution in [0.4, 0.5) is 4.39 Å². The number of sulfone groups is 1. The maximum Gasteiger partial charge on any atom is 0.227 e. The highest BCUT2D eigenvalue weighted by Crippen LogP contribution is 2.22. The number of nitrogens with zero attached hydrogens (tertiary/aromatic N) is 3. The van der Waals surface area contributed by atoms with Crippen LogP contribution in [0.1, 0.15) is 37.6 Å². The van der Waals surface area contributed by atoms with Crippen LogP contribution < -0.4 is 0 Å². The number of fused-ring (bicyclic) bond motifs is 1. The molecule has 0 amide bonds. The molecular formula is C22H29FN4O3S. The van der Waals surface area contributed by atoms with Crippen molar-refractivity contribution >= 4 is 20.7 Å². The van der Waals surface area contributed by atoms with E-state index >= 15 is 0 Å². The molecular weight excluding hydrogens is 419 g/mol. The van der Waals surface area contributed by atoms with Gasteiger partial charge in [0.05, 0.1) is 30.3 Å². The molecule has 0 radical (unpaired) electrons. The van der Waals surface area contributed by atoms with E-state index in [0.29, 0.717) is 32.7 Å². The van der Waals surface area contributed by atoms with Gasteiger partial charge in [-0.1, -0.05) is 6.92 Å². The molecule has 0 saturated carbocycles. The van der Waals surface area contributed by atoms with E-state index in [1.807, 2.05) is 24.6 Å². The SMILES string of the molecule is CCCS(=O)(=O)c1ncc(CN(C)Cc2cc3cc(F)ccc3[nH]2)n1CC1CCCO1. The van der Waals surface area contributed by atoms with Crippen molar-refractivity contribution in [2.24, 2.45) is 0 Å². The van der Waals surface area contributed by atoms with Gasteiger partial charge in [0.2, 0.25) is 15.0 Å². The van der Waals surface area contributed by atoms with Gasteiger partial charge in [0, 0.05) is 36.3 Å². The topological polar surface area (TPSA) is 80.2 Å². The largest absolute Gasteiger partial charge is 0.376 e. The van der Waals surface area contributed by atoms with Gasteiger partial charge in [0.15, 0.2) is 0 Å². The first-order valence-electron chi connectivity index (χ1n) is 10.7. The third-order valence-electron chi connectivity index (χ3n) is 5.57. The predicted octanol–water partition coefficient (Wildman–Crippen LogP) is 3.50. The number of aromatic amines is 1. The Bertz CT molecular complexity index is 1150. The van der Waals surface area contributed by atoms with E-state index in [2.05, 4.69) is 14.9 Å². The van der Waals surface area contributed by atoms with Crippen molar-refractivity contribution in [2.75, 3.05) is 19.4 Å². The summed E-state index contributed by atoms with van der Waals surface area (Å²) in [4.78, 5) is 9.69. The second-order valence-electron chi connectivity index (χ2n) is 8.30. The Labute approximate surface area is 182 Å². The minimum Gasteiger partial charge on any atom is -0.376 e. The Morgan fingerprint density at radius 1 is 1.32 bits per heavy atom. The number of benzene rings is 1. The molecule has 1 aliphatic rings. The van der Waals surface area contributed by atoms with Crippen molar-refractivity contribution in [3.8, 4) is 0 Å². The molecule has 1 aliphatic heterocycles. The normalized spacial score (nSPS) is 17.2. The maximum absolute atomic E-state index is 13.5. The molecule has 0 spiro atoms. The van der Waals surface area contributed by atoms with Gasteiger partial charge in [0.25, 0.3) is 0 Å². The summed E-state index contributed by atoms with van der Waals surface area (Å²) in [6.45, 7) is 4.20. The number of H-pyrrole nitrogens is 1. The van der Waals surface area contributed by atoms with Crippen LogP contribution in [-0.2, 0) is 34.2 Å². The van der Waals surface area contributed by atoms with Crippen molar-refractivity contribution in [3.05, 3.63) is 47.7 Å². The summed E-state index contributed by atoms with van der Waals surface area (Å²) in [7, 11) is -1.47. The fourth-order valence-electron chi connectivity index (χ4n) is 4.19. The molecule has 1 unspecified atom stereocenters. The van der Waals surface area contributed by atoms with Crippen LogP contribution in [0.5, 0.6) is 0 Å². The average molecular weight is 449 g/mol. The van der Waals surface area contributed by atoms with Gasteiger partial charge < -0.3 is 14.3 Å². The van der Waals surface area contributed by atoms with Crippen LogP contribution in [0.2, 0.25) is 0 Å². The van der Waals surface area contributed by atoms with Gasteiger partial charge in [-0.2, -0.15) is 0 Å². The summed E-state index contributed by atoms with van der Waals surface area (Å²) < 4.78 is 46.6. The van der Waals surface area contributed by atoms with Crippen LogP contribution in [0.3, 0.4) is 0 Å². The number of nitrogens with one attached hydrogen (secondary N) is 1. The average Bonchev–Trinajstić information content (AvgIpc) is 3.42. The third-order valence-corrected chi connectivity index (χ3v) is 7.40. The Balaban J connectivity index is 1.55. The molecule has 1 N–H and O–H groups in total. The summed E-state index contributed by atoms with van der Waals surface area (Å²) in [5.41, 5.74) is 2.70. The lowest BCUT2D eigenvalue weighted by Crippen LogP contribution is -2.25. The van der Waals surface area contributed by atoms with Gasteiger partial charge in [-0.25, -0.2) is 17.8 Å². The van der Waals surface area contributed by atoms with E-state index < -0.39 is 9.84 Å². The van der Waals surface area contributed by atoms with Crippen LogP contribution in [0.25, 0.3) is 10.9 Å². The fourth-order valence-corrected chi connectivity index (χ4v) is 5.65. The fraction of sp³-hybridized carbons (Fsp3) is 0.500. The molecule has 1 fully saturated rings. The first kappa shape index (κ1) is 22.0. The molecule has 1 atom stereocenters. The molecule has 3 heterocycles. The smallest absolute Gasteiger partial charge is 0.227 e. The molecule has 1 saturated heterocycles. The minimum absolute atomic E-state index is 0.0115. The van der Waals surface area contributed by atoms with E-state index in [9.17, 15) is 12.8 Å². The number of rotatable bonds is 9. The second-order valence-corrected chi connectivity index (χ2v) is 10.3. The first-order valence-corrected chi connectivity index (χ1v) is 12.4. The van der Waals surface area contributed by atoms with Gasteiger partial charge in [-0.3, -0.25) is 4.90 Å². The van der Waals surface area contributed by atoms with E-state index in [-0.39, 0.29) is 22.8 Å². The van der Waals surface area contributed by atoms with Crippen LogP contribution >= 0.6 is 0 Å². The van der Waals surface area contributed by atoms with E-state index in [0.717, 1.165) is 35.1 Å². The highest BCUT2D eigenvalue weighted by molar-refractivity contribution is 7.91. The summed E-state index contributed by atoms with van der Waals surface area (Å²) >= 11 is 0. The number of hydrogen-bond acceptors (Lipinski definition) is 5. The summed E-state index contributed by atoms with van der Waals surface area (Å²) in [6.07, 6.45) is 4.14. The molecule has 9 heteroatoms. The van der Waals surface area contributed by atoms with Crippen LogP contribution in [0.15, 0.2) is 35.6 Å². The molecule has 0 aliphatic carbocycles. The molecule has 2 aromatic heterocycles. The molecule has 7 nitrogen and oxygen atoms in total. The number of hydrogen-bond donors (Lipinski definition) is 1. The number of halogens is 1. The number of imidazole rings is 1. The van der Waals surface area contributed by atoms with Gasteiger partial charge in [-0.05, 0) is 50.6 Å². The Morgan fingerprint density at radius 3 is 2.90 bits per heavy atom. The zero-order valence-corrected chi connectivity index (χ0v) is 18.8. The number of ether oxygens (including phenoxy) is 1. The van der Waals surface area contributed by atoms with Crippen molar-refractivity contribution in [1.82, 2.24) is 19.4 Å². The molecule has 0 bridgehead atoms. The predicted molar refractivity (Wildman–Crippen MR) is 117 cm³/mol. The molecule has 1 aromatic carbocycles. The lowest BCUT2D eigenvalue weighted by molar-refractivity contribution is 0.0934. The van der Waals surface area contributed by atoms with Crippen molar-refractivity contribution in [3.63, 3.8) is 0 Å². The Hall–Kier alpha value is -2.23. The molecule has 3 aromatic rings. The zero-order chi connectivity index (χ0) is 22.0. The minimum atomic E-state index is -3.44. The van der Waals surface area contributed by atoms with Gasteiger partial charge in [0.1, 0.15) is 5.82 Å². The standard InChI is InChI=1S/C22H29FN4O3S/c1-3-9-31(28,29)22-24-12-19(27(22)15-20-5-4-8-30-20)14-26(2)13-18-11-16-10-17(23)6-7-21(16)25-18/h6-7,10-12,20,25H,3-5,8-9,13-15H2,1-2H3. The monoisotopic (exact) mass is 448 g/mol. The third kappa shape index (κ3) is 4.99. The van der Waals surface area contributed by atoms with Gasteiger partial charge >= 0.3 is 0 Å². The summed E-state index contributed by atoms with van der Waals surface area (Å²) in [6, 6.07) is 6.62. The van der Waals surface area contributed by atoms with E-state index in [4.69, 9.17) is 4.74 Å². The lowest BCUT2D eigenvalue weighted by atomic mass is 10.2. The highest BCUT2D eigenvalue weighted by atomic mass is 32.2. The Kier molecular flexibility index (Phi) is 6.45. The number of aromatic nitrogens is 3. The summed E-state index contributed by atoms with van der Waals surface area (Å²) in [5, 5.41) is 0.967.